The van der Waals surface area contributed by atoms with Crippen molar-refractivity contribution in [2.45, 2.75) is 13.5 Å². The quantitative estimate of drug-likeness (QED) is 0.123. The third-order valence-corrected chi connectivity index (χ3v) is 5.86. The zero-order valence-electron chi connectivity index (χ0n) is 18.3. The van der Waals surface area contributed by atoms with Gasteiger partial charge in [0.15, 0.2) is 17.2 Å². The van der Waals surface area contributed by atoms with Crippen LogP contribution in [-0.4, -0.2) is 23.9 Å². The molecule has 0 amide bonds. The number of nitro benzene ring substituents is 1. The van der Waals surface area contributed by atoms with Crippen molar-refractivity contribution >= 4 is 46.2 Å². The normalized spacial score (nSPS) is 14.0. The maximum absolute atomic E-state index is 12.4. The van der Waals surface area contributed by atoms with Crippen LogP contribution < -0.4 is 9.47 Å². The second-order valence-corrected chi connectivity index (χ2v) is 8.57. The number of methoxy groups -OCH3 is 1. The lowest BCUT2D eigenvalue weighted by atomic mass is 10.1. The topological polar surface area (TPSA) is 100 Å². The Bertz CT molecular complexity index is 1330. The van der Waals surface area contributed by atoms with Crippen molar-refractivity contribution in [2.75, 3.05) is 7.11 Å². The largest absolute Gasteiger partial charge is 0.493 e. The molecule has 172 valence electrons. The van der Waals surface area contributed by atoms with Gasteiger partial charge in [-0.05, 0) is 64.9 Å². The summed E-state index contributed by atoms with van der Waals surface area (Å²) in [5.41, 5.74) is 2.56. The summed E-state index contributed by atoms with van der Waals surface area (Å²) in [6, 6.07) is 17.9. The predicted molar refractivity (Wildman–Crippen MR) is 135 cm³/mol. The summed E-state index contributed by atoms with van der Waals surface area (Å²) in [5.74, 6) is 0.485. The summed E-state index contributed by atoms with van der Waals surface area (Å²) in [7, 11) is 1.54. The van der Waals surface area contributed by atoms with Gasteiger partial charge in [0, 0.05) is 17.2 Å². The number of hydrogen-bond donors (Lipinski definition) is 0. The van der Waals surface area contributed by atoms with Crippen LogP contribution in [0.5, 0.6) is 11.5 Å². The predicted octanol–water partition coefficient (Wildman–Crippen LogP) is 5.44. The summed E-state index contributed by atoms with van der Waals surface area (Å²) >= 11 is 2.15. The molecule has 0 aromatic heterocycles. The molecule has 0 saturated carbocycles. The number of aliphatic imine (C=N–C) groups is 1. The van der Waals surface area contributed by atoms with Crippen molar-refractivity contribution < 1.29 is 23.9 Å². The van der Waals surface area contributed by atoms with Crippen molar-refractivity contribution in [3.05, 3.63) is 102 Å². The first kappa shape index (κ1) is 23.4. The van der Waals surface area contributed by atoms with Gasteiger partial charge in [0.05, 0.1) is 15.6 Å². The van der Waals surface area contributed by atoms with E-state index in [0.29, 0.717) is 34.8 Å². The van der Waals surface area contributed by atoms with E-state index >= 15 is 0 Å². The second-order valence-electron chi connectivity index (χ2n) is 7.40. The lowest BCUT2D eigenvalue weighted by Gasteiger charge is -2.13. The molecule has 1 aliphatic heterocycles. The smallest absolute Gasteiger partial charge is 0.363 e. The Morgan fingerprint density at radius 1 is 1.15 bits per heavy atom. The van der Waals surface area contributed by atoms with Crippen LogP contribution in [0.15, 0.2) is 71.4 Å². The number of hydrogen-bond acceptors (Lipinski definition) is 7. The van der Waals surface area contributed by atoms with Gasteiger partial charge in [-0.3, -0.25) is 10.1 Å². The van der Waals surface area contributed by atoms with Gasteiger partial charge in [0.2, 0.25) is 5.90 Å². The number of esters is 1. The number of carbonyl (C=O) groups excluding carboxylic acids is 1. The lowest BCUT2D eigenvalue weighted by molar-refractivity contribution is -0.385. The monoisotopic (exact) mass is 570 g/mol. The van der Waals surface area contributed by atoms with Crippen LogP contribution in [0.2, 0.25) is 0 Å². The van der Waals surface area contributed by atoms with Crippen molar-refractivity contribution in [1.82, 2.24) is 0 Å². The van der Waals surface area contributed by atoms with Crippen LogP contribution in [0.4, 0.5) is 5.69 Å². The van der Waals surface area contributed by atoms with Crippen molar-refractivity contribution in [3.8, 4) is 11.5 Å². The molecule has 3 aromatic rings. The van der Waals surface area contributed by atoms with Crippen LogP contribution in [0.25, 0.3) is 6.08 Å². The first-order valence-electron chi connectivity index (χ1n) is 10.2. The Kier molecular flexibility index (Phi) is 6.92. The number of carbonyl (C=O) groups is 1. The Morgan fingerprint density at radius 2 is 1.91 bits per heavy atom. The number of nitro groups is 1. The van der Waals surface area contributed by atoms with Gasteiger partial charge in [-0.15, -0.1) is 0 Å². The van der Waals surface area contributed by atoms with Crippen LogP contribution in [0, 0.1) is 20.6 Å². The maximum Gasteiger partial charge on any atom is 0.363 e. The molecule has 34 heavy (non-hydrogen) atoms. The Balaban J connectivity index is 1.61. The van der Waals surface area contributed by atoms with Gasteiger partial charge in [-0.1, -0.05) is 36.4 Å². The summed E-state index contributed by atoms with van der Waals surface area (Å²) in [5, 5.41) is 11.2. The molecule has 0 radical (unpaired) electrons. The fourth-order valence-electron chi connectivity index (χ4n) is 3.32. The molecule has 0 atom stereocenters. The highest BCUT2D eigenvalue weighted by atomic mass is 127. The highest BCUT2D eigenvalue weighted by Crippen LogP contribution is 2.35. The van der Waals surface area contributed by atoms with Crippen LogP contribution >= 0.6 is 22.6 Å². The van der Waals surface area contributed by atoms with Gasteiger partial charge in [0.25, 0.3) is 5.69 Å². The van der Waals surface area contributed by atoms with E-state index in [9.17, 15) is 14.9 Å². The highest BCUT2D eigenvalue weighted by molar-refractivity contribution is 14.1. The number of nitrogens with zero attached hydrogens (tertiary/aromatic N) is 2. The summed E-state index contributed by atoms with van der Waals surface area (Å²) < 4.78 is 17.6. The first-order chi connectivity index (χ1) is 16.4. The fourth-order valence-corrected chi connectivity index (χ4v) is 4.10. The third kappa shape index (κ3) is 5.09. The van der Waals surface area contributed by atoms with Crippen molar-refractivity contribution in [3.63, 3.8) is 0 Å². The molecule has 3 aromatic carbocycles. The second kappa shape index (κ2) is 10.0. The minimum atomic E-state index is -0.642. The fraction of sp³-hybridized carbons (Fsp3) is 0.120. The number of ether oxygens (including phenoxy) is 3. The highest BCUT2D eigenvalue weighted by Gasteiger charge is 2.26. The molecule has 0 unspecified atom stereocenters. The third-order valence-electron chi connectivity index (χ3n) is 5.05. The van der Waals surface area contributed by atoms with Gasteiger partial charge in [-0.25, -0.2) is 9.79 Å². The standard InChI is InChI=1S/C25H19IN2O6/c1-15-8-9-18(13-21(15)28(30)31)24-27-20(25(29)34-24)11-17-10-19(26)23(22(12-17)32-2)33-14-16-6-4-3-5-7-16/h3-13H,14H2,1-2H3/b20-11+. The molecule has 0 aliphatic carbocycles. The summed E-state index contributed by atoms with van der Waals surface area (Å²) in [6.07, 6.45) is 1.57. The van der Waals surface area contributed by atoms with Gasteiger partial charge >= 0.3 is 5.97 Å². The van der Waals surface area contributed by atoms with Crippen LogP contribution in [0.3, 0.4) is 0 Å². The van der Waals surface area contributed by atoms with E-state index in [1.54, 1.807) is 38.3 Å². The number of rotatable bonds is 7. The number of aryl methyl sites for hydroxylation is 1. The van der Waals surface area contributed by atoms with Gasteiger partial charge in [0.1, 0.15) is 6.61 Å². The van der Waals surface area contributed by atoms with Crippen molar-refractivity contribution in [2.24, 2.45) is 4.99 Å². The molecule has 0 bridgehead atoms. The minimum Gasteiger partial charge on any atom is -0.493 e. The number of benzene rings is 3. The molecular formula is C25H19IN2O6. The van der Waals surface area contributed by atoms with E-state index in [1.165, 1.54) is 6.07 Å². The SMILES string of the molecule is COc1cc(/C=C2/N=C(c3ccc(C)c([N+](=O)[O-])c3)OC2=O)cc(I)c1OCc1ccccc1. The van der Waals surface area contributed by atoms with E-state index in [4.69, 9.17) is 14.2 Å². The van der Waals surface area contributed by atoms with E-state index in [0.717, 1.165) is 9.13 Å². The van der Waals surface area contributed by atoms with Gasteiger partial charge < -0.3 is 14.2 Å². The maximum atomic E-state index is 12.4. The summed E-state index contributed by atoms with van der Waals surface area (Å²) in [6.45, 7) is 2.02. The lowest BCUT2D eigenvalue weighted by Crippen LogP contribution is -2.06. The molecule has 0 saturated heterocycles. The molecular weight excluding hydrogens is 551 g/mol. The molecule has 4 rings (SSSR count). The molecule has 9 heteroatoms. The molecule has 0 fully saturated rings. The Hall–Kier alpha value is -3.73. The molecule has 0 spiro atoms. The van der Waals surface area contributed by atoms with Crippen LogP contribution in [0.1, 0.15) is 22.3 Å². The average Bonchev–Trinajstić information content (AvgIpc) is 3.18. The van der Waals surface area contributed by atoms with E-state index in [2.05, 4.69) is 27.6 Å². The van der Waals surface area contributed by atoms with Crippen LogP contribution in [-0.2, 0) is 16.1 Å². The number of halogens is 1. The minimum absolute atomic E-state index is 0.0174. The van der Waals surface area contributed by atoms with E-state index in [-0.39, 0.29) is 17.3 Å². The molecule has 1 aliphatic rings. The average molecular weight is 570 g/mol. The van der Waals surface area contributed by atoms with Gasteiger partial charge in [-0.2, -0.15) is 0 Å². The molecule has 0 N–H and O–H groups in total. The zero-order chi connectivity index (χ0) is 24.2. The molecule has 8 nitrogen and oxygen atoms in total. The Labute approximate surface area is 209 Å². The Morgan fingerprint density at radius 3 is 2.62 bits per heavy atom. The number of cyclic esters (lactones) is 1. The first-order valence-corrected chi connectivity index (χ1v) is 11.3. The summed E-state index contributed by atoms with van der Waals surface area (Å²) in [4.78, 5) is 27.4. The van der Waals surface area contributed by atoms with E-state index in [1.807, 2.05) is 36.4 Å². The zero-order valence-corrected chi connectivity index (χ0v) is 20.4. The van der Waals surface area contributed by atoms with E-state index < -0.39 is 10.9 Å². The van der Waals surface area contributed by atoms with Crippen molar-refractivity contribution in [1.29, 1.82) is 0 Å². The molecule has 1 heterocycles.